The molecule has 0 saturated carbocycles. The minimum atomic E-state index is -3.78. The number of para-hydroxylation sites is 1. The molecule has 0 fully saturated rings. The molecule has 0 amide bonds. The predicted molar refractivity (Wildman–Crippen MR) is 64.7 cm³/mol. The van der Waals surface area contributed by atoms with Gasteiger partial charge in [-0.3, -0.25) is 0 Å². The Morgan fingerprint density at radius 1 is 1.25 bits per heavy atom. The molecule has 0 aliphatic rings. The third-order valence-electron chi connectivity index (χ3n) is 2.25. The van der Waals surface area contributed by atoms with Crippen molar-refractivity contribution in [2.24, 2.45) is 0 Å². The van der Waals surface area contributed by atoms with Crippen LogP contribution in [0, 0.1) is 0 Å². The molecule has 0 heterocycles. The van der Waals surface area contributed by atoms with Gasteiger partial charge in [0.2, 0.25) is 0 Å². The zero-order valence-corrected chi connectivity index (χ0v) is 11.3. The summed E-state index contributed by atoms with van der Waals surface area (Å²) in [7, 11) is 3.02. The van der Waals surface area contributed by atoms with Crippen LogP contribution in [0.2, 0.25) is 0 Å². The number of hydrogen-bond acceptors (Lipinski definition) is 3. The molecule has 0 radical (unpaired) electrons. The molecule has 0 saturated heterocycles. The van der Waals surface area contributed by atoms with Crippen molar-refractivity contribution in [1.82, 2.24) is 0 Å². The first-order valence-electron chi connectivity index (χ1n) is 4.80. The number of benzene rings is 1. The second-order valence-corrected chi connectivity index (χ2v) is 7.06. The van der Waals surface area contributed by atoms with Gasteiger partial charge >= 0.3 is 0 Å². The van der Waals surface area contributed by atoms with Gasteiger partial charge in [-0.25, -0.2) is 8.42 Å². The lowest BCUT2D eigenvalue weighted by Gasteiger charge is -2.23. The van der Waals surface area contributed by atoms with Gasteiger partial charge in [-0.15, -0.1) is 0 Å². The lowest BCUT2D eigenvalue weighted by Crippen LogP contribution is -2.14. The molecule has 1 aromatic carbocycles. The highest BCUT2D eigenvalue weighted by Crippen LogP contribution is 2.37. The highest BCUT2D eigenvalue weighted by molar-refractivity contribution is 8.13. The van der Waals surface area contributed by atoms with Crippen LogP contribution >= 0.6 is 10.7 Å². The van der Waals surface area contributed by atoms with E-state index in [4.69, 9.17) is 15.4 Å². The summed E-state index contributed by atoms with van der Waals surface area (Å²) in [5, 5.41) is 0. The van der Waals surface area contributed by atoms with Crippen molar-refractivity contribution < 1.29 is 13.2 Å². The van der Waals surface area contributed by atoms with E-state index >= 15 is 0 Å². The Hall–Kier alpha value is -0.740. The molecule has 0 aromatic heterocycles. The third-order valence-corrected chi connectivity index (χ3v) is 3.60. The smallest absolute Gasteiger partial charge is 0.264 e. The molecule has 1 aromatic rings. The molecular formula is C11H15ClO3S. The molecule has 0 bridgehead atoms. The minimum absolute atomic E-state index is 0.0177. The van der Waals surface area contributed by atoms with Crippen LogP contribution in [0.1, 0.15) is 26.3 Å². The number of halogens is 1. The fourth-order valence-corrected chi connectivity index (χ4v) is 2.53. The Balaban J connectivity index is 3.57. The first-order valence-corrected chi connectivity index (χ1v) is 7.11. The topological polar surface area (TPSA) is 43.4 Å². The summed E-state index contributed by atoms with van der Waals surface area (Å²) >= 11 is 0. The van der Waals surface area contributed by atoms with Gasteiger partial charge in [-0.05, 0) is 11.5 Å². The monoisotopic (exact) mass is 262 g/mol. The van der Waals surface area contributed by atoms with E-state index in [0.29, 0.717) is 5.75 Å². The van der Waals surface area contributed by atoms with Crippen molar-refractivity contribution in [1.29, 1.82) is 0 Å². The van der Waals surface area contributed by atoms with Crippen molar-refractivity contribution in [3.63, 3.8) is 0 Å². The van der Waals surface area contributed by atoms with Gasteiger partial charge in [-0.2, -0.15) is 0 Å². The maximum Gasteiger partial charge on any atom is 0.264 e. The average Bonchev–Trinajstić information content (AvgIpc) is 2.13. The van der Waals surface area contributed by atoms with Crippen LogP contribution in [0.15, 0.2) is 23.1 Å². The van der Waals surface area contributed by atoms with E-state index in [1.807, 2.05) is 26.8 Å². The number of ether oxygens (including phenoxy) is 1. The normalized spacial score (nSPS) is 12.6. The SMILES string of the molecule is COc1c(C(C)(C)C)cccc1S(=O)(=O)Cl. The van der Waals surface area contributed by atoms with Crippen molar-refractivity contribution in [3.05, 3.63) is 23.8 Å². The summed E-state index contributed by atoms with van der Waals surface area (Å²) in [6, 6.07) is 4.94. The number of rotatable bonds is 2. The molecule has 0 aliphatic carbocycles. The van der Waals surface area contributed by atoms with Crippen molar-refractivity contribution >= 4 is 19.7 Å². The Bertz CT molecular complexity index is 486. The first-order chi connectivity index (χ1) is 7.18. The highest BCUT2D eigenvalue weighted by atomic mass is 35.7. The summed E-state index contributed by atoms with van der Waals surface area (Å²) < 4.78 is 27.9. The molecule has 1 rings (SSSR count). The molecule has 16 heavy (non-hydrogen) atoms. The van der Waals surface area contributed by atoms with Crippen LogP contribution in [0.25, 0.3) is 0 Å². The Morgan fingerprint density at radius 2 is 1.81 bits per heavy atom. The molecular weight excluding hydrogens is 248 g/mol. The van der Waals surface area contributed by atoms with Crippen LogP contribution in [0.4, 0.5) is 0 Å². The van der Waals surface area contributed by atoms with Crippen molar-refractivity contribution in [2.45, 2.75) is 31.1 Å². The van der Waals surface area contributed by atoms with E-state index < -0.39 is 9.05 Å². The van der Waals surface area contributed by atoms with Crippen LogP contribution in [0.5, 0.6) is 5.75 Å². The van der Waals surface area contributed by atoms with Gasteiger partial charge in [0, 0.05) is 16.2 Å². The van der Waals surface area contributed by atoms with Crippen molar-refractivity contribution in [3.8, 4) is 5.75 Å². The van der Waals surface area contributed by atoms with Gasteiger partial charge in [0.15, 0.2) is 0 Å². The van der Waals surface area contributed by atoms with Crippen LogP contribution in [0.3, 0.4) is 0 Å². The summed E-state index contributed by atoms with van der Waals surface area (Å²) in [4.78, 5) is 0.0177. The maximum atomic E-state index is 11.4. The quantitative estimate of drug-likeness (QED) is 0.770. The summed E-state index contributed by atoms with van der Waals surface area (Å²) in [5.74, 6) is 0.324. The Labute approximate surface area is 101 Å². The van der Waals surface area contributed by atoms with Crippen molar-refractivity contribution in [2.75, 3.05) is 7.11 Å². The fraction of sp³-hybridized carbons (Fsp3) is 0.455. The molecule has 0 unspecified atom stereocenters. The molecule has 3 nitrogen and oxygen atoms in total. The Morgan fingerprint density at radius 3 is 2.19 bits per heavy atom. The first kappa shape index (κ1) is 13.3. The standard InChI is InChI=1S/C11H15ClO3S/c1-11(2,3)8-6-5-7-9(10(8)15-4)16(12,13)14/h5-7H,1-4H3. The van der Waals surface area contributed by atoms with Gasteiger partial charge in [0.25, 0.3) is 9.05 Å². The van der Waals surface area contributed by atoms with Gasteiger partial charge in [-0.1, -0.05) is 32.9 Å². The molecule has 0 spiro atoms. The highest BCUT2D eigenvalue weighted by Gasteiger charge is 2.25. The van der Waals surface area contributed by atoms with Crippen LogP contribution in [-0.4, -0.2) is 15.5 Å². The predicted octanol–water partition coefficient (Wildman–Crippen LogP) is 2.92. The van der Waals surface area contributed by atoms with Gasteiger partial charge < -0.3 is 4.74 Å². The summed E-state index contributed by atoms with van der Waals surface area (Å²) in [6.07, 6.45) is 0. The van der Waals surface area contributed by atoms with Crippen LogP contribution in [-0.2, 0) is 14.5 Å². The number of hydrogen-bond donors (Lipinski definition) is 0. The number of methoxy groups -OCH3 is 1. The summed E-state index contributed by atoms with van der Waals surface area (Å²) in [6.45, 7) is 5.94. The molecule has 0 atom stereocenters. The van der Waals surface area contributed by atoms with E-state index in [-0.39, 0.29) is 10.3 Å². The lowest BCUT2D eigenvalue weighted by molar-refractivity contribution is 0.386. The summed E-state index contributed by atoms with van der Waals surface area (Å²) in [5.41, 5.74) is 0.611. The molecule has 0 aliphatic heterocycles. The molecule has 5 heteroatoms. The zero-order chi connectivity index (χ0) is 12.6. The van der Waals surface area contributed by atoms with E-state index in [2.05, 4.69) is 0 Å². The van der Waals surface area contributed by atoms with E-state index in [1.54, 1.807) is 6.07 Å². The van der Waals surface area contributed by atoms with Crippen LogP contribution < -0.4 is 4.74 Å². The third kappa shape index (κ3) is 2.68. The molecule has 0 N–H and O–H groups in total. The Kier molecular flexibility index (Phi) is 3.55. The zero-order valence-electron chi connectivity index (χ0n) is 9.74. The van der Waals surface area contributed by atoms with E-state index in [0.717, 1.165) is 5.56 Å². The minimum Gasteiger partial charge on any atom is -0.495 e. The fourth-order valence-electron chi connectivity index (χ4n) is 1.51. The van der Waals surface area contributed by atoms with Gasteiger partial charge in [0.1, 0.15) is 10.6 Å². The van der Waals surface area contributed by atoms with Gasteiger partial charge in [0.05, 0.1) is 7.11 Å². The van der Waals surface area contributed by atoms with E-state index in [9.17, 15) is 8.42 Å². The second-order valence-electron chi connectivity index (χ2n) is 4.52. The average molecular weight is 263 g/mol. The lowest BCUT2D eigenvalue weighted by atomic mass is 9.86. The van der Waals surface area contributed by atoms with E-state index in [1.165, 1.54) is 13.2 Å². The maximum absolute atomic E-state index is 11.4. The largest absolute Gasteiger partial charge is 0.495 e. The molecule has 90 valence electrons. The second kappa shape index (κ2) is 4.26.